The first-order valence-electron chi connectivity index (χ1n) is 10.2. The lowest BCUT2D eigenvalue weighted by Crippen LogP contribution is -2.86. The number of fused-ring (bicyclic) bond motifs is 1. The molecule has 6 rings (SSSR count). The smallest absolute Gasteiger partial charge is 0.258 e. The molecule has 152 valence electrons. The Labute approximate surface area is 164 Å². The molecule has 0 aromatic heterocycles. The van der Waals surface area contributed by atoms with Gasteiger partial charge in [0, 0.05) is 36.3 Å². The molecule has 2 heterocycles. The van der Waals surface area contributed by atoms with E-state index >= 15 is 0 Å². The van der Waals surface area contributed by atoms with Crippen LogP contribution in [0.2, 0.25) is 0 Å². The predicted molar refractivity (Wildman–Crippen MR) is 102 cm³/mol. The van der Waals surface area contributed by atoms with E-state index < -0.39 is 0 Å². The van der Waals surface area contributed by atoms with Crippen LogP contribution in [0.15, 0.2) is 24.3 Å². The van der Waals surface area contributed by atoms with Gasteiger partial charge in [0.25, 0.3) is 5.91 Å². The highest BCUT2D eigenvalue weighted by Crippen LogP contribution is 2.60. The minimum atomic E-state index is -0.368. The molecule has 8 heteroatoms. The second kappa shape index (κ2) is 6.66. The summed E-state index contributed by atoms with van der Waals surface area (Å²) in [5.41, 5.74) is 3.59. The minimum Gasteiger partial charge on any atom is -0.484 e. The first-order chi connectivity index (χ1) is 13.4. The molecule has 1 aromatic rings. The summed E-state index contributed by atoms with van der Waals surface area (Å²) in [6, 6.07) is 6.85. The number of hydrazine groups is 1. The number of rotatable bonds is 6. The molecule has 5 aliphatic rings. The summed E-state index contributed by atoms with van der Waals surface area (Å²) < 4.78 is 18.6. The standard InChI is InChI=1S/C20H28FN5O2/c1-13-7-16-18(22-5-6-26(16)25-13)24-20-10-19(11-20,12-20)23-17(27)9-28-15-4-2-3-14(21)8-15/h2-4,8,13,16,18,22,24-25H,5-7,9-12H2,1H3,(H,23,27). The Morgan fingerprint density at radius 1 is 1.36 bits per heavy atom. The lowest BCUT2D eigenvalue weighted by molar-refractivity contribution is -0.147. The van der Waals surface area contributed by atoms with Gasteiger partial charge < -0.3 is 10.1 Å². The third kappa shape index (κ3) is 3.28. The first-order valence-corrected chi connectivity index (χ1v) is 10.2. The van der Waals surface area contributed by atoms with Crippen LogP contribution in [0.25, 0.3) is 0 Å². The van der Waals surface area contributed by atoms with E-state index in [2.05, 4.69) is 33.3 Å². The fourth-order valence-corrected chi connectivity index (χ4v) is 5.53. The molecule has 3 unspecified atom stereocenters. The molecule has 0 radical (unpaired) electrons. The average molecular weight is 389 g/mol. The van der Waals surface area contributed by atoms with Gasteiger partial charge in [-0.25, -0.2) is 9.40 Å². The number of carbonyl (C=O) groups is 1. The maximum atomic E-state index is 13.2. The summed E-state index contributed by atoms with van der Waals surface area (Å²) in [4.78, 5) is 12.2. The maximum absolute atomic E-state index is 13.2. The molecule has 4 N–H and O–H groups in total. The van der Waals surface area contributed by atoms with Gasteiger partial charge in [-0.3, -0.25) is 20.9 Å². The molecule has 5 fully saturated rings. The van der Waals surface area contributed by atoms with Crippen molar-refractivity contribution in [3.8, 4) is 5.75 Å². The molecule has 2 saturated heterocycles. The highest BCUT2D eigenvalue weighted by molar-refractivity contribution is 5.79. The molecule has 3 saturated carbocycles. The van der Waals surface area contributed by atoms with Crippen molar-refractivity contribution < 1.29 is 13.9 Å². The zero-order valence-corrected chi connectivity index (χ0v) is 16.1. The van der Waals surface area contributed by atoms with Gasteiger partial charge in [0.15, 0.2) is 6.61 Å². The number of carbonyl (C=O) groups excluding carboxylic acids is 1. The second-order valence-corrected chi connectivity index (χ2v) is 8.99. The lowest BCUT2D eigenvalue weighted by Gasteiger charge is -2.71. The van der Waals surface area contributed by atoms with Crippen molar-refractivity contribution in [1.29, 1.82) is 0 Å². The number of piperazine rings is 1. The largest absolute Gasteiger partial charge is 0.484 e. The summed E-state index contributed by atoms with van der Waals surface area (Å²) >= 11 is 0. The van der Waals surface area contributed by atoms with E-state index in [-0.39, 0.29) is 35.6 Å². The maximum Gasteiger partial charge on any atom is 0.258 e. The number of amides is 1. The van der Waals surface area contributed by atoms with Crippen LogP contribution < -0.4 is 26.1 Å². The van der Waals surface area contributed by atoms with Crippen LogP contribution in [0.3, 0.4) is 0 Å². The van der Waals surface area contributed by atoms with Gasteiger partial charge in [-0.15, -0.1) is 0 Å². The van der Waals surface area contributed by atoms with Crippen molar-refractivity contribution >= 4 is 5.91 Å². The third-order valence-electron chi connectivity index (χ3n) is 6.55. The number of halogens is 1. The number of hydrogen-bond donors (Lipinski definition) is 4. The number of nitrogens with one attached hydrogen (secondary N) is 4. The highest BCUT2D eigenvalue weighted by atomic mass is 19.1. The molecule has 0 spiro atoms. The summed E-state index contributed by atoms with van der Waals surface area (Å²) in [7, 11) is 0. The number of hydrogen-bond acceptors (Lipinski definition) is 6. The number of ether oxygens (including phenoxy) is 1. The van der Waals surface area contributed by atoms with E-state index in [4.69, 9.17) is 4.74 Å². The average Bonchev–Trinajstić information content (AvgIpc) is 2.98. The normalized spacial score (nSPS) is 38.9. The zero-order valence-electron chi connectivity index (χ0n) is 16.1. The molecular weight excluding hydrogens is 361 g/mol. The molecule has 2 aliphatic heterocycles. The molecule has 2 bridgehead atoms. The van der Waals surface area contributed by atoms with E-state index in [1.807, 2.05) is 0 Å². The molecular formula is C20H28FN5O2. The first kappa shape index (κ1) is 18.3. The monoisotopic (exact) mass is 389 g/mol. The zero-order chi connectivity index (χ0) is 19.4. The Bertz CT molecular complexity index is 755. The third-order valence-corrected chi connectivity index (χ3v) is 6.55. The molecule has 28 heavy (non-hydrogen) atoms. The van der Waals surface area contributed by atoms with Crippen LogP contribution in [-0.4, -0.2) is 59.9 Å². The van der Waals surface area contributed by atoms with Gasteiger partial charge in [-0.1, -0.05) is 6.07 Å². The summed E-state index contributed by atoms with van der Waals surface area (Å²) in [6.45, 7) is 4.15. The van der Waals surface area contributed by atoms with Crippen LogP contribution in [0.4, 0.5) is 4.39 Å². The molecule has 1 aromatic carbocycles. The van der Waals surface area contributed by atoms with E-state index in [0.29, 0.717) is 17.8 Å². The fraction of sp³-hybridized carbons (Fsp3) is 0.650. The van der Waals surface area contributed by atoms with Crippen molar-refractivity contribution in [2.75, 3.05) is 19.7 Å². The van der Waals surface area contributed by atoms with Crippen LogP contribution in [0.5, 0.6) is 5.75 Å². The Kier molecular flexibility index (Phi) is 4.35. The van der Waals surface area contributed by atoms with Gasteiger partial charge in [0.1, 0.15) is 11.6 Å². The summed E-state index contributed by atoms with van der Waals surface area (Å²) in [5, 5.41) is 12.9. The second-order valence-electron chi connectivity index (χ2n) is 8.99. The molecule has 7 nitrogen and oxygen atoms in total. The number of nitrogens with zero attached hydrogens (tertiary/aromatic N) is 1. The van der Waals surface area contributed by atoms with E-state index in [0.717, 1.165) is 38.8 Å². The molecule has 3 aliphatic carbocycles. The minimum absolute atomic E-state index is 0.0869. The van der Waals surface area contributed by atoms with Crippen LogP contribution in [-0.2, 0) is 4.79 Å². The van der Waals surface area contributed by atoms with Crippen LogP contribution in [0.1, 0.15) is 32.6 Å². The Morgan fingerprint density at radius 2 is 2.18 bits per heavy atom. The Hall–Kier alpha value is -1.74. The Balaban J connectivity index is 1.09. The van der Waals surface area contributed by atoms with Crippen molar-refractivity contribution in [2.24, 2.45) is 0 Å². The van der Waals surface area contributed by atoms with Crippen molar-refractivity contribution in [3.63, 3.8) is 0 Å². The van der Waals surface area contributed by atoms with Gasteiger partial charge in [0.2, 0.25) is 0 Å². The topological polar surface area (TPSA) is 77.7 Å². The van der Waals surface area contributed by atoms with Crippen LogP contribution in [0, 0.1) is 5.82 Å². The fourth-order valence-electron chi connectivity index (χ4n) is 5.53. The van der Waals surface area contributed by atoms with E-state index in [1.54, 1.807) is 12.1 Å². The molecule has 1 amide bonds. The predicted octanol–water partition coefficient (Wildman–Crippen LogP) is 0.482. The van der Waals surface area contributed by atoms with E-state index in [9.17, 15) is 9.18 Å². The van der Waals surface area contributed by atoms with Crippen molar-refractivity contribution in [3.05, 3.63) is 30.1 Å². The van der Waals surface area contributed by atoms with Gasteiger partial charge in [-0.05, 0) is 44.7 Å². The number of benzene rings is 1. The highest BCUT2D eigenvalue weighted by Gasteiger charge is 2.69. The van der Waals surface area contributed by atoms with E-state index in [1.165, 1.54) is 12.1 Å². The summed E-state index contributed by atoms with van der Waals surface area (Å²) in [6.07, 6.45) is 4.30. The van der Waals surface area contributed by atoms with Gasteiger partial charge in [-0.2, -0.15) is 0 Å². The van der Waals surface area contributed by atoms with Crippen LogP contribution >= 0.6 is 0 Å². The quantitative estimate of drug-likeness (QED) is 0.567. The van der Waals surface area contributed by atoms with Crippen molar-refractivity contribution in [2.45, 2.75) is 61.9 Å². The summed E-state index contributed by atoms with van der Waals surface area (Å²) in [5.74, 6) is -0.140. The van der Waals surface area contributed by atoms with Crippen molar-refractivity contribution in [1.82, 2.24) is 26.4 Å². The SMILES string of the molecule is CC1CC2C(NC34CC(NC(=O)COc5cccc(F)c5)(C3)C4)NCCN2N1. The molecule has 3 atom stereocenters. The lowest BCUT2D eigenvalue weighted by atomic mass is 9.44. The van der Waals surface area contributed by atoms with Gasteiger partial charge in [0.05, 0.1) is 12.2 Å². The Morgan fingerprint density at radius 3 is 2.96 bits per heavy atom. The van der Waals surface area contributed by atoms with Gasteiger partial charge >= 0.3 is 0 Å².